The molecule has 36 heavy (non-hydrogen) atoms. The Balaban J connectivity index is 1.32. The van der Waals surface area contributed by atoms with Crippen molar-refractivity contribution in [3.8, 4) is 0 Å². The first-order valence-corrected chi connectivity index (χ1v) is 14.4. The summed E-state index contributed by atoms with van der Waals surface area (Å²) in [6.07, 6.45) is 2.87. The Morgan fingerprint density at radius 3 is 2.67 bits per heavy atom. The van der Waals surface area contributed by atoms with Gasteiger partial charge in [-0.3, -0.25) is 4.68 Å². The maximum atomic E-state index is 13.6. The molecule has 9 nitrogen and oxygen atoms in total. The second-order valence-corrected chi connectivity index (χ2v) is 12.4. The van der Waals surface area contributed by atoms with E-state index in [4.69, 9.17) is 9.47 Å². The number of hydrogen-bond acceptors (Lipinski definition) is 7. The molecule has 3 fully saturated rings. The molecule has 0 unspecified atom stereocenters. The Hall–Kier alpha value is -2.43. The minimum Gasteiger partial charge on any atom is -0.449 e. The van der Waals surface area contributed by atoms with E-state index in [-0.39, 0.29) is 29.0 Å². The molecule has 3 heterocycles. The quantitative estimate of drug-likeness (QED) is 0.604. The van der Waals surface area contributed by atoms with Crippen LogP contribution in [0.4, 0.5) is 4.79 Å². The van der Waals surface area contributed by atoms with Crippen molar-refractivity contribution < 1.29 is 22.7 Å². The minimum absolute atomic E-state index is 0.0724. The highest BCUT2D eigenvalue weighted by molar-refractivity contribution is 7.92. The lowest BCUT2D eigenvalue weighted by Gasteiger charge is -2.31. The summed E-state index contributed by atoms with van der Waals surface area (Å²) in [6, 6.07) is 11.5. The fourth-order valence-corrected chi connectivity index (χ4v) is 8.15. The van der Waals surface area contributed by atoms with Crippen LogP contribution in [0, 0.1) is 24.7 Å². The van der Waals surface area contributed by atoms with Crippen LogP contribution in [-0.2, 0) is 32.9 Å². The maximum absolute atomic E-state index is 13.6. The fraction of sp³-hybridized carbons (Fsp3) is 0.615. The van der Waals surface area contributed by atoms with Gasteiger partial charge < -0.3 is 19.7 Å². The third kappa shape index (κ3) is 5.17. The van der Waals surface area contributed by atoms with Crippen molar-refractivity contribution in [2.24, 2.45) is 24.8 Å². The molecule has 196 valence electrons. The molecule has 0 spiro atoms. The molecule has 10 heteroatoms. The Morgan fingerprint density at radius 1 is 1.22 bits per heavy atom. The first-order valence-electron chi connectivity index (χ1n) is 12.9. The fourth-order valence-electron chi connectivity index (χ4n) is 6.04. The third-order valence-corrected chi connectivity index (χ3v) is 10.1. The molecule has 5 rings (SSSR count). The van der Waals surface area contributed by atoms with E-state index in [0.717, 1.165) is 24.8 Å². The van der Waals surface area contributed by atoms with E-state index in [1.54, 1.807) is 20.0 Å². The molecule has 1 saturated carbocycles. The summed E-state index contributed by atoms with van der Waals surface area (Å²) < 4.78 is 39.8. The van der Waals surface area contributed by atoms with Crippen LogP contribution in [0.5, 0.6) is 0 Å². The Bertz CT molecular complexity index is 1160. The highest BCUT2D eigenvalue weighted by Crippen LogP contribution is 2.43. The van der Waals surface area contributed by atoms with Crippen molar-refractivity contribution in [2.75, 3.05) is 26.4 Å². The number of sulfone groups is 1. The molecule has 1 aromatic heterocycles. The standard InChI is InChI=1S/C26H36N4O5S/c1-18-12-24(29(2)28-18)36(32,33)25-23-14-22(13-21(23)15-27-25)30(16-19-6-4-3-5-7-19)26(31)35-17-20-8-10-34-11-9-20/h3-7,12,20-23,25,27H,8-11,13-17H2,1-2H3/t21-,22+,23+,25+/m1/s1. The molecule has 4 atom stereocenters. The summed E-state index contributed by atoms with van der Waals surface area (Å²) in [5.74, 6) is 0.438. The largest absolute Gasteiger partial charge is 0.449 e. The zero-order chi connectivity index (χ0) is 25.3. The topological polar surface area (TPSA) is 103 Å². The van der Waals surface area contributed by atoms with Gasteiger partial charge in [0, 0.05) is 32.8 Å². The van der Waals surface area contributed by atoms with E-state index in [1.165, 1.54) is 4.68 Å². The molecule has 1 amide bonds. The van der Waals surface area contributed by atoms with E-state index in [9.17, 15) is 13.2 Å². The molecule has 0 bridgehead atoms. The van der Waals surface area contributed by atoms with Crippen molar-refractivity contribution in [1.29, 1.82) is 0 Å². The first kappa shape index (κ1) is 25.2. The number of ether oxygens (including phenoxy) is 2. The van der Waals surface area contributed by atoms with Gasteiger partial charge in [-0.25, -0.2) is 13.2 Å². The van der Waals surface area contributed by atoms with Gasteiger partial charge in [-0.15, -0.1) is 0 Å². The number of aromatic nitrogens is 2. The van der Waals surface area contributed by atoms with Gasteiger partial charge in [0.05, 0.1) is 12.3 Å². The molecular formula is C26H36N4O5S. The molecule has 1 N–H and O–H groups in total. The van der Waals surface area contributed by atoms with Crippen LogP contribution < -0.4 is 5.32 Å². The molecule has 0 radical (unpaired) electrons. The number of aryl methyl sites for hydroxylation is 2. The number of benzene rings is 1. The van der Waals surface area contributed by atoms with Crippen LogP contribution in [0.1, 0.15) is 36.9 Å². The van der Waals surface area contributed by atoms with Gasteiger partial charge >= 0.3 is 6.09 Å². The molecule has 1 aliphatic carbocycles. The molecule has 2 aromatic rings. The number of carbonyl (C=O) groups excluding carboxylic acids is 1. The summed E-state index contributed by atoms with van der Waals surface area (Å²) >= 11 is 0. The molecule has 1 aromatic carbocycles. The number of hydrogen-bond donors (Lipinski definition) is 1. The lowest BCUT2D eigenvalue weighted by atomic mass is 10.0. The normalized spacial score (nSPS) is 26.6. The zero-order valence-corrected chi connectivity index (χ0v) is 21.8. The van der Waals surface area contributed by atoms with E-state index in [1.807, 2.05) is 35.2 Å². The third-order valence-electron chi connectivity index (χ3n) is 7.93. The lowest BCUT2D eigenvalue weighted by Crippen LogP contribution is -2.42. The van der Waals surface area contributed by atoms with Crippen LogP contribution in [0.3, 0.4) is 0 Å². The van der Waals surface area contributed by atoms with Crippen LogP contribution >= 0.6 is 0 Å². The number of fused-ring (bicyclic) bond motifs is 1. The van der Waals surface area contributed by atoms with Crippen molar-refractivity contribution >= 4 is 15.9 Å². The van der Waals surface area contributed by atoms with Gasteiger partial charge in [0.1, 0.15) is 5.37 Å². The van der Waals surface area contributed by atoms with Crippen LogP contribution in [-0.4, -0.2) is 67.0 Å². The second-order valence-electron chi connectivity index (χ2n) is 10.4. The van der Waals surface area contributed by atoms with Crippen LogP contribution in [0.15, 0.2) is 41.4 Å². The predicted octanol–water partition coefficient (Wildman–Crippen LogP) is 2.89. The van der Waals surface area contributed by atoms with E-state index >= 15 is 0 Å². The monoisotopic (exact) mass is 516 g/mol. The van der Waals surface area contributed by atoms with Crippen LogP contribution in [0.25, 0.3) is 0 Å². The molecule has 2 saturated heterocycles. The summed E-state index contributed by atoms with van der Waals surface area (Å²) in [6.45, 7) is 4.68. The number of amides is 1. The summed E-state index contributed by atoms with van der Waals surface area (Å²) in [5, 5.41) is 7.06. The smallest absolute Gasteiger partial charge is 0.410 e. The van der Waals surface area contributed by atoms with Crippen molar-refractivity contribution in [1.82, 2.24) is 20.0 Å². The maximum Gasteiger partial charge on any atom is 0.410 e. The zero-order valence-electron chi connectivity index (χ0n) is 21.0. The number of nitrogens with one attached hydrogen (secondary N) is 1. The van der Waals surface area contributed by atoms with Gasteiger partial charge in [0.25, 0.3) is 0 Å². The average molecular weight is 517 g/mol. The SMILES string of the molecule is Cc1cc(S(=O)(=O)[C@@H]2NC[C@H]3C[C@H](N(Cc4ccccc4)C(=O)OCC4CCOCC4)C[C@@H]32)n(C)n1. The first-order chi connectivity index (χ1) is 17.3. The summed E-state index contributed by atoms with van der Waals surface area (Å²) in [4.78, 5) is 15.2. The van der Waals surface area contributed by atoms with Gasteiger partial charge in [0.15, 0.2) is 5.03 Å². The van der Waals surface area contributed by atoms with E-state index < -0.39 is 15.2 Å². The Kier molecular flexibility index (Phi) is 7.37. The van der Waals surface area contributed by atoms with Gasteiger partial charge in [0.2, 0.25) is 9.84 Å². The molecular weight excluding hydrogens is 480 g/mol. The number of rotatable bonds is 7. The lowest BCUT2D eigenvalue weighted by molar-refractivity contribution is 0.0242. The second kappa shape index (κ2) is 10.5. The van der Waals surface area contributed by atoms with Crippen molar-refractivity contribution in [2.45, 2.75) is 55.6 Å². The van der Waals surface area contributed by atoms with Crippen LogP contribution in [0.2, 0.25) is 0 Å². The van der Waals surface area contributed by atoms with E-state index in [0.29, 0.717) is 50.9 Å². The molecule has 2 aliphatic heterocycles. The minimum atomic E-state index is -3.61. The Morgan fingerprint density at radius 2 is 1.97 bits per heavy atom. The van der Waals surface area contributed by atoms with Crippen molar-refractivity contribution in [3.63, 3.8) is 0 Å². The Labute approximate surface area is 213 Å². The van der Waals surface area contributed by atoms with E-state index in [2.05, 4.69) is 10.4 Å². The molecule has 3 aliphatic rings. The summed E-state index contributed by atoms with van der Waals surface area (Å²) in [5.41, 5.74) is 1.71. The number of carbonyl (C=O) groups is 1. The van der Waals surface area contributed by atoms with Gasteiger partial charge in [-0.05, 0) is 68.5 Å². The number of nitrogens with zero attached hydrogens (tertiary/aromatic N) is 3. The highest BCUT2D eigenvalue weighted by atomic mass is 32.2. The summed E-state index contributed by atoms with van der Waals surface area (Å²) in [7, 11) is -1.95. The van der Waals surface area contributed by atoms with Crippen molar-refractivity contribution in [3.05, 3.63) is 47.7 Å². The van der Waals surface area contributed by atoms with Gasteiger partial charge in [-0.2, -0.15) is 5.10 Å². The predicted molar refractivity (Wildman–Crippen MR) is 134 cm³/mol. The average Bonchev–Trinajstić information content (AvgIpc) is 3.56. The van der Waals surface area contributed by atoms with Gasteiger partial charge in [-0.1, -0.05) is 30.3 Å². The highest BCUT2D eigenvalue weighted by Gasteiger charge is 2.51.